The Bertz CT molecular complexity index is 482. The summed E-state index contributed by atoms with van der Waals surface area (Å²) in [5.41, 5.74) is 0.753. The van der Waals surface area contributed by atoms with Crippen LogP contribution in [0.3, 0.4) is 0 Å². The number of hydrogen-bond donors (Lipinski definition) is 1. The van der Waals surface area contributed by atoms with Gasteiger partial charge in [-0.2, -0.15) is 0 Å². The molecule has 0 bridgehead atoms. The third-order valence-electron chi connectivity index (χ3n) is 2.96. The molecule has 0 radical (unpaired) electrons. The average molecular weight is 286 g/mol. The van der Waals surface area contributed by atoms with Gasteiger partial charge in [-0.3, -0.25) is 0 Å². The number of aliphatic hydroxyl groups is 1. The monoisotopic (exact) mass is 286 g/mol. The van der Waals surface area contributed by atoms with Crippen LogP contribution in [0.2, 0.25) is 0 Å². The van der Waals surface area contributed by atoms with Crippen molar-refractivity contribution in [2.75, 3.05) is 18.1 Å². The quantitative estimate of drug-likeness (QED) is 0.745. The summed E-state index contributed by atoms with van der Waals surface area (Å²) in [6.45, 7) is 3.88. The van der Waals surface area contributed by atoms with Gasteiger partial charge in [0, 0.05) is 11.3 Å². The SMILES string of the molecule is CC[C@@H](O)c1ccccc1OCCCS(=O)(=O)CC. The van der Waals surface area contributed by atoms with Gasteiger partial charge in [-0.15, -0.1) is 0 Å². The minimum absolute atomic E-state index is 0.141. The molecule has 0 amide bonds. The summed E-state index contributed by atoms with van der Waals surface area (Å²) < 4.78 is 28.2. The second-order valence-corrected chi connectivity index (χ2v) is 6.87. The second kappa shape index (κ2) is 7.50. The van der Waals surface area contributed by atoms with Gasteiger partial charge in [-0.25, -0.2) is 8.42 Å². The zero-order valence-electron chi connectivity index (χ0n) is 11.5. The Morgan fingerprint density at radius 2 is 1.95 bits per heavy atom. The molecule has 5 heteroatoms. The lowest BCUT2D eigenvalue weighted by Gasteiger charge is -2.14. The molecule has 0 fully saturated rings. The van der Waals surface area contributed by atoms with E-state index in [1.165, 1.54) is 0 Å². The van der Waals surface area contributed by atoms with Crippen LogP contribution >= 0.6 is 0 Å². The van der Waals surface area contributed by atoms with Crippen LogP contribution in [0.5, 0.6) is 5.75 Å². The van der Waals surface area contributed by atoms with Crippen LogP contribution in [0.15, 0.2) is 24.3 Å². The molecular weight excluding hydrogens is 264 g/mol. The number of hydrogen-bond acceptors (Lipinski definition) is 4. The van der Waals surface area contributed by atoms with Crippen molar-refractivity contribution in [3.8, 4) is 5.75 Å². The van der Waals surface area contributed by atoms with Crippen molar-refractivity contribution in [1.29, 1.82) is 0 Å². The highest BCUT2D eigenvalue weighted by atomic mass is 32.2. The fourth-order valence-corrected chi connectivity index (χ4v) is 2.56. The average Bonchev–Trinajstić information content (AvgIpc) is 2.43. The summed E-state index contributed by atoms with van der Waals surface area (Å²) in [5, 5.41) is 9.86. The minimum atomic E-state index is -2.93. The van der Waals surface area contributed by atoms with Crippen molar-refractivity contribution in [3.63, 3.8) is 0 Å². The van der Waals surface area contributed by atoms with Crippen LogP contribution < -0.4 is 4.74 Å². The molecule has 108 valence electrons. The summed E-state index contributed by atoms with van der Waals surface area (Å²) in [5.74, 6) is 0.936. The smallest absolute Gasteiger partial charge is 0.150 e. The van der Waals surface area contributed by atoms with Gasteiger partial charge in [0.2, 0.25) is 0 Å². The maximum absolute atomic E-state index is 11.3. The molecule has 0 unspecified atom stereocenters. The predicted molar refractivity (Wildman–Crippen MR) is 76.1 cm³/mol. The number of sulfone groups is 1. The molecule has 0 saturated heterocycles. The number of rotatable bonds is 8. The Hall–Kier alpha value is -1.07. The van der Waals surface area contributed by atoms with Crippen LogP contribution in [0.25, 0.3) is 0 Å². The fraction of sp³-hybridized carbons (Fsp3) is 0.571. The van der Waals surface area contributed by atoms with Crippen LogP contribution in [0.4, 0.5) is 0 Å². The van der Waals surface area contributed by atoms with Crippen LogP contribution in [0.1, 0.15) is 38.4 Å². The molecule has 19 heavy (non-hydrogen) atoms. The van der Waals surface area contributed by atoms with Gasteiger partial charge >= 0.3 is 0 Å². The number of para-hydroxylation sites is 1. The Kier molecular flexibility index (Phi) is 6.31. The maximum Gasteiger partial charge on any atom is 0.150 e. The topological polar surface area (TPSA) is 63.6 Å². The Labute approximate surface area is 115 Å². The van der Waals surface area contributed by atoms with E-state index in [2.05, 4.69) is 0 Å². The number of benzene rings is 1. The largest absolute Gasteiger partial charge is 0.493 e. The summed E-state index contributed by atoms with van der Waals surface area (Å²) in [4.78, 5) is 0. The molecule has 4 nitrogen and oxygen atoms in total. The molecule has 1 aromatic rings. The van der Waals surface area contributed by atoms with Gasteiger partial charge in [-0.05, 0) is 18.9 Å². The molecule has 1 atom stereocenters. The number of ether oxygens (including phenoxy) is 1. The summed E-state index contributed by atoms with van der Waals surface area (Å²) >= 11 is 0. The second-order valence-electron chi connectivity index (χ2n) is 4.40. The molecule has 1 rings (SSSR count). The highest BCUT2D eigenvalue weighted by Crippen LogP contribution is 2.26. The van der Waals surface area contributed by atoms with E-state index in [1.807, 2.05) is 25.1 Å². The van der Waals surface area contributed by atoms with Crippen molar-refractivity contribution < 1.29 is 18.3 Å². The summed E-state index contributed by atoms with van der Waals surface area (Å²) in [6, 6.07) is 7.31. The maximum atomic E-state index is 11.3. The molecular formula is C14H22O4S. The molecule has 0 heterocycles. The van der Waals surface area contributed by atoms with E-state index in [0.29, 0.717) is 25.2 Å². The summed E-state index contributed by atoms with van der Waals surface area (Å²) in [6.07, 6.45) is 0.535. The molecule has 1 aromatic carbocycles. The molecule has 1 N–H and O–H groups in total. The highest BCUT2D eigenvalue weighted by molar-refractivity contribution is 7.91. The normalized spacial score (nSPS) is 13.2. The number of aliphatic hydroxyl groups excluding tert-OH is 1. The molecule has 0 aliphatic carbocycles. The van der Waals surface area contributed by atoms with E-state index in [1.54, 1.807) is 13.0 Å². The lowest BCUT2D eigenvalue weighted by molar-refractivity contribution is 0.167. The predicted octanol–water partition coefficient (Wildman–Crippen LogP) is 2.33. The van der Waals surface area contributed by atoms with Gasteiger partial charge in [0.1, 0.15) is 15.6 Å². The van der Waals surface area contributed by atoms with Gasteiger partial charge < -0.3 is 9.84 Å². The minimum Gasteiger partial charge on any atom is -0.493 e. The van der Waals surface area contributed by atoms with Gasteiger partial charge in [0.15, 0.2) is 0 Å². The van der Waals surface area contributed by atoms with Crippen molar-refractivity contribution in [1.82, 2.24) is 0 Å². The van der Waals surface area contributed by atoms with Crippen molar-refractivity contribution in [2.45, 2.75) is 32.8 Å². The Morgan fingerprint density at radius 1 is 1.26 bits per heavy atom. The zero-order valence-corrected chi connectivity index (χ0v) is 12.3. The van der Waals surface area contributed by atoms with Gasteiger partial charge in [0.05, 0.1) is 18.5 Å². The van der Waals surface area contributed by atoms with Crippen LogP contribution in [0, 0.1) is 0 Å². The van der Waals surface area contributed by atoms with E-state index in [-0.39, 0.29) is 11.5 Å². The zero-order chi connectivity index (χ0) is 14.3. The van der Waals surface area contributed by atoms with Crippen LogP contribution in [-0.4, -0.2) is 31.6 Å². The van der Waals surface area contributed by atoms with Crippen molar-refractivity contribution >= 4 is 9.84 Å². The molecule has 0 aliphatic heterocycles. The van der Waals surface area contributed by atoms with E-state index < -0.39 is 15.9 Å². The van der Waals surface area contributed by atoms with Crippen LogP contribution in [-0.2, 0) is 9.84 Å². The van der Waals surface area contributed by atoms with Gasteiger partial charge in [-0.1, -0.05) is 32.0 Å². The highest BCUT2D eigenvalue weighted by Gasteiger charge is 2.11. The van der Waals surface area contributed by atoms with Gasteiger partial charge in [0.25, 0.3) is 0 Å². The summed E-state index contributed by atoms with van der Waals surface area (Å²) in [7, 11) is -2.93. The molecule has 0 saturated carbocycles. The first kappa shape index (κ1) is 16.0. The van der Waals surface area contributed by atoms with E-state index in [4.69, 9.17) is 4.74 Å². The first-order chi connectivity index (χ1) is 9.00. The van der Waals surface area contributed by atoms with Crippen molar-refractivity contribution in [2.24, 2.45) is 0 Å². The van der Waals surface area contributed by atoms with E-state index in [0.717, 1.165) is 5.56 Å². The van der Waals surface area contributed by atoms with Crippen molar-refractivity contribution in [3.05, 3.63) is 29.8 Å². The standard InChI is InChI=1S/C14H22O4S/c1-3-13(15)12-8-5-6-9-14(12)18-10-7-11-19(16,17)4-2/h5-6,8-9,13,15H,3-4,7,10-11H2,1-2H3/t13-/m1/s1. The first-order valence-corrected chi connectivity index (χ1v) is 8.42. The Morgan fingerprint density at radius 3 is 2.58 bits per heavy atom. The lowest BCUT2D eigenvalue weighted by Crippen LogP contribution is -2.12. The fourth-order valence-electron chi connectivity index (χ4n) is 1.71. The molecule has 0 aliphatic rings. The first-order valence-electron chi connectivity index (χ1n) is 6.60. The van der Waals surface area contributed by atoms with E-state index in [9.17, 15) is 13.5 Å². The molecule has 0 spiro atoms. The Balaban J connectivity index is 2.54. The van der Waals surface area contributed by atoms with E-state index >= 15 is 0 Å². The molecule has 0 aromatic heterocycles. The lowest BCUT2D eigenvalue weighted by atomic mass is 10.1. The third-order valence-corrected chi connectivity index (χ3v) is 4.75. The third kappa shape index (κ3) is 5.20.